The number of halogens is 2. The van der Waals surface area contributed by atoms with Crippen molar-refractivity contribution in [3.8, 4) is 5.75 Å². The van der Waals surface area contributed by atoms with Crippen LogP contribution < -0.4 is 16.0 Å². The molecule has 110 valence electrons. The first-order valence-electron chi connectivity index (χ1n) is 6.83. The summed E-state index contributed by atoms with van der Waals surface area (Å²) in [4.78, 5) is 0. The summed E-state index contributed by atoms with van der Waals surface area (Å²) in [6.45, 7) is 0.604. The monoisotopic (exact) mass is 306 g/mol. The van der Waals surface area contributed by atoms with Crippen LogP contribution in [0.1, 0.15) is 29.5 Å². The van der Waals surface area contributed by atoms with E-state index in [0.29, 0.717) is 17.2 Å². The topological polar surface area (TPSA) is 47.3 Å². The standard InChI is InChI=1S/C16H16ClFN2O/c17-14-6-5-10(18)9-13(14)16(20-19)12-7-8-21-15-4-2-1-3-11(12)15/h1-6,9,12,16,20H,7-8,19H2. The maximum absolute atomic E-state index is 13.6. The summed E-state index contributed by atoms with van der Waals surface area (Å²) in [6.07, 6.45) is 0.790. The summed E-state index contributed by atoms with van der Waals surface area (Å²) in [7, 11) is 0. The highest BCUT2D eigenvalue weighted by Crippen LogP contribution is 2.42. The van der Waals surface area contributed by atoms with Gasteiger partial charge in [-0.25, -0.2) is 4.39 Å². The largest absolute Gasteiger partial charge is 0.493 e. The Kier molecular flexibility index (Phi) is 4.10. The van der Waals surface area contributed by atoms with Crippen molar-refractivity contribution in [2.45, 2.75) is 18.4 Å². The number of nitrogens with two attached hydrogens (primary N) is 1. The Balaban J connectivity index is 2.03. The zero-order valence-electron chi connectivity index (χ0n) is 11.4. The second-order valence-corrected chi connectivity index (χ2v) is 5.50. The number of hydrogen-bond donors (Lipinski definition) is 2. The molecule has 0 amide bonds. The van der Waals surface area contributed by atoms with Crippen LogP contribution in [0.4, 0.5) is 4.39 Å². The first-order valence-corrected chi connectivity index (χ1v) is 7.21. The molecule has 1 heterocycles. The van der Waals surface area contributed by atoms with Gasteiger partial charge in [-0.1, -0.05) is 29.8 Å². The van der Waals surface area contributed by atoms with E-state index in [2.05, 4.69) is 5.43 Å². The Bertz CT molecular complexity index is 650. The number of fused-ring (bicyclic) bond motifs is 1. The number of hydrogen-bond acceptors (Lipinski definition) is 3. The smallest absolute Gasteiger partial charge is 0.123 e. The van der Waals surface area contributed by atoms with Crippen molar-refractivity contribution < 1.29 is 9.13 Å². The SMILES string of the molecule is NNC(c1cc(F)ccc1Cl)C1CCOc2ccccc21. The van der Waals surface area contributed by atoms with Crippen molar-refractivity contribution in [1.29, 1.82) is 0 Å². The molecule has 3 rings (SSSR count). The molecule has 0 saturated carbocycles. The van der Waals surface area contributed by atoms with Gasteiger partial charge in [-0.15, -0.1) is 0 Å². The van der Waals surface area contributed by atoms with Crippen LogP contribution in [0.25, 0.3) is 0 Å². The third kappa shape index (κ3) is 2.75. The van der Waals surface area contributed by atoms with Crippen LogP contribution in [0.3, 0.4) is 0 Å². The number of rotatable bonds is 3. The molecule has 2 aromatic rings. The highest BCUT2D eigenvalue weighted by molar-refractivity contribution is 6.31. The number of hydrazine groups is 1. The van der Waals surface area contributed by atoms with Crippen LogP contribution in [-0.2, 0) is 0 Å². The molecule has 1 aliphatic heterocycles. The third-order valence-corrected chi connectivity index (χ3v) is 4.22. The lowest BCUT2D eigenvalue weighted by atomic mass is 9.83. The minimum absolute atomic E-state index is 0.0826. The summed E-state index contributed by atoms with van der Waals surface area (Å²) in [5.41, 5.74) is 4.52. The van der Waals surface area contributed by atoms with Gasteiger partial charge in [0.25, 0.3) is 0 Å². The molecule has 3 nitrogen and oxygen atoms in total. The Morgan fingerprint density at radius 1 is 1.29 bits per heavy atom. The maximum atomic E-state index is 13.6. The number of ether oxygens (including phenoxy) is 1. The van der Waals surface area contributed by atoms with Crippen molar-refractivity contribution in [1.82, 2.24) is 5.43 Å². The van der Waals surface area contributed by atoms with Crippen LogP contribution in [0.2, 0.25) is 5.02 Å². The van der Waals surface area contributed by atoms with Crippen molar-refractivity contribution in [2.24, 2.45) is 5.84 Å². The molecular weight excluding hydrogens is 291 g/mol. The number of para-hydroxylation sites is 1. The van der Waals surface area contributed by atoms with Gasteiger partial charge >= 0.3 is 0 Å². The van der Waals surface area contributed by atoms with Gasteiger partial charge < -0.3 is 4.74 Å². The predicted molar refractivity (Wildman–Crippen MR) is 80.8 cm³/mol. The molecule has 2 aromatic carbocycles. The molecule has 21 heavy (non-hydrogen) atoms. The van der Waals surface area contributed by atoms with Gasteiger partial charge in [0, 0.05) is 10.9 Å². The number of benzene rings is 2. The van der Waals surface area contributed by atoms with Gasteiger partial charge in [0.1, 0.15) is 11.6 Å². The Hall–Kier alpha value is -1.62. The molecule has 0 saturated heterocycles. The van der Waals surface area contributed by atoms with Crippen LogP contribution in [0.5, 0.6) is 5.75 Å². The van der Waals surface area contributed by atoms with Crippen LogP contribution in [0, 0.1) is 5.82 Å². The van der Waals surface area contributed by atoms with Gasteiger partial charge in [0.15, 0.2) is 0 Å². The molecule has 0 aromatic heterocycles. The summed E-state index contributed by atoms with van der Waals surface area (Å²) in [5.74, 6) is 6.35. The zero-order valence-corrected chi connectivity index (χ0v) is 12.1. The van der Waals surface area contributed by atoms with E-state index in [1.54, 1.807) is 6.07 Å². The second-order valence-electron chi connectivity index (χ2n) is 5.09. The van der Waals surface area contributed by atoms with Gasteiger partial charge in [0.05, 0.1) is 12.6 Å². The van der Waals surface area contributed by atoms with E-state index in [1.807, 2.05) is 24.3 Å². The van der Waals surface area contributed by atoms with Crippen molar-refractivity contribution in [3.05, 3.63) is 64.4 Å². The fourth-order valence-corrected chi connectivity index (χ4v) is 3.13. The first-order chi connectivity index (χ1) is 10.2. The minimum Gasteiger partial charge on any atom is -0.493 e. The highest BCUT2D eigenvalue weighted by Gasteiger charge is 2.30. The Morgan fingerprint density at radius 3 is 2.90 bits per heavy atom. The van der Waals surface area contributed by atoms with E-state index in [0.717, 1.165) is 17.7 Å². The molecular formula is C16H16ClFN2O. The lowest BCUT2D eigenvalue weighted by molar-refractivity contribution is 0.246. The Morgan fingerprint density at radius 2 is 2.10 bits per heavy atom. The van der Waals surface area contributed by atoms with E-state index < -0.39 is 0 Å². The quantitative estimate of drug-likeness (QED) is 0.673. The number of nitrogens with one attached hydrogen (secondary N) is 1. The normalized spacial score (nSPS) is 18.7. The maximum Gasteiger partial charge on any atom is 0.123 e. The molecule has 0 fully saturated rings. The van der Waals surface area contributed by atoms with Crippen LogP contribution in [0.15, 0.2) is 42.5 Å². The van der Waals surface area contributed by atoms with Crippen molar-refractivity contribution in [2.75, 3.05) is 6.61 Å². The average Bonchev–Trinajstić information content (AvgIpc) is 2.51. The summed E-state index contributed by atoms with van der Waals surface area (Å²) >= 11 is 6.22. The van der Waals surface area contributed by atoms with Crippen molar-refractivity contribution >= 4 is 11.6 Å². The van der Waals surface area contributed by atoms with Crippen LogP contribution in [-0.4, -0.2) is 6.61 Å². The summed E-state index contributed by atoms with van der Waals surface area (Å²) in [6, 6.07) is 11.9. The Labute approximate surface area is 127 Å². The molecule has 2 atom stereocenters. The lowest BCUT2D eigenvalue weighted by Crippen LogP contribution is -2.35. The highest BCUT2D eigenvalue weighted by atomic mass is 35.5. The fraction of sp³-hybridized carbons (Fsp3) is 0.250. The minimum atomic E-state index is -0.324. The van der Waals surface area contributed by atoms with E-state index >= 15 is 0 Å². The first kappa shape index (κ1) is 14.3. The molecule has 1 aliphatic rings. The van der Waals surface area contributed by atoms with Gasteiger partial charge in [-0.05, 0) is 41.8 Å². The van der Waals surface area contributed by atoms with Gasteiger partial charge in [0.2, 0.25) is 0 Å². The van der Waals surface area contributed by atoms with E-state index in [4.69, 9.17) is 22.2 Å². The van der Waals surface area contributed by atoms with E-state index in [1.165, 1.54) is 12.1 Å². The molecule has 0 bridgehead atoms. The second kappa shape index (κ2) is 6.02. The predicted octanol–water partition coefficient (Wildman–Crippen LogP) is 3.55. The zero-order chi connectivity index (χ0) is 14.8. The molecule has 0 spiro atoms. The van der Waals surface area contributed by atoms with Gasteiger partial charge in [-0.2, -0.15) is 0 Å². The average molecular weight is 307 g/mol. The molecule has 0 aliphatic carbocycles. The van der Waals surface area contributed by atoms with Crippen molar-refractivity contribution in [3.63, 3.8) is 0 Å². The molecule has 0 radical (unpaired) electrons. The lowest BCUT2D eigenvalue weighted by Gasteiger charge is -2.32. The fourth-order valence-electron chi connectivity index (χ4n) is 2.89. The van der Waals surface area contributed by atoms with E-state index in [-0.39, 0.29) is 17.8 Å². The summed E-state index contributed by atoms with van der Waals surface area (Å²) < 4.78 is 19.2. The molecule has 5 heteroatoms. The van der Waals surface area contributed by atoms with Gasteiger partial charge in [-0.3, -0.25) is 11.3 Å². The molecule has 3 N–H and O–H groups in total. The van der Waals surface area contributed by atoms with E-state index in [9.17, 15) is 4.39 Å². The third-order valence-electron chi connectivity index (χ3n) is 3.88. The summed E-state index contributed by atoms with van der Waals surface area (Å²) in [5, 5.41) is 0.503. The molecule has 2 unspecified atom stereocenters. The van der Waals surface area contributed by atoms with Crippen LogP contribution >= 0.6 is 11.6 Å².